The Morgan fingerprint density at radius 2 is 2.08 bits per heavy atom. The van der Waals surface area contributed by atoms with E-state index < -0.39 is 0 Å². The van der Waals surface area contributed by atoms with Crippen LogP contribution in [0.4, 0.5) is 10.7 Å². The Morgan fingerprint density at radius 1 is 1.28 bits per heavy atom. The van der Waals surface area contributed by atoms with Crippen LogP contribution in [0.15, 0.2) is 42.7 Å². The molecule has 1 aromatic carbocycles. The fourth-order valence-electron chi connectivity index (χ4n) is 2.61. The maximum absolute atomic E-state index is 12.3. The molecule has 0 saturated carbocycles. The summed E-state index contributed by atoms with van der Waals surface area (Å²) in [5.41, 5.74) is 1.04. The number of benzene rings is 1. The lowest BCUT2D eigenvalue weighted by Gasteiger charge is -2.19. The van der Waals surface area contributed by atoms with Crippen LogP contribution < -0.4 is 10.6 Å². The fourth-order valence-corrected chi connectivity index (χ4v) is 2.61. The number of rotatable bonds is 6. The molecule has 0 bridgehead atoms. The van der Waals surface area contributed by atoms with E-state index in [1.54, 1.807) is 13.1 Å². The Kier molecular flexibility index (Phi) is 5.08. The van der Waals surface area contributed by atoms with Gasteiger partial charge in [-0.1, -0.05) is 30.3 Å². The van der Waals surface area contributed by atoms with E-state index in [9.17, 15) is 4.79 Å². The van der Waals surface area contributed by atoms with Gasteiger partial charge >= 0.3 is 6.03 Å². The predicted octanol–water partition coefficient (Wildman–Crippen LogP) is 2.57. The summed E-state index contributed by atoms with van der Waals surface area (Å²) in [7, 11) is 0. The highest BCUT2D eigenvalue weighted by atomic mass is 16.2. The molecule has 0 aliphatic carbocycles. The quantitative estimate of drug-likeness (QED) is 0.642. The summed E-state index contributed by atoms with van der Waals surface area (Å²) in [5, 5.41) is 12.2. The molecule has 8 heteroatoms. The maximum atomic E-state index is 12.3. The van der Waals surface area contributed by atoms with Crippen LogP contribution in [-0.4, -0.2) is 30.8 Å². The molecule has 0 fully saturated rings. The van der Waals surface area contributed by atoms with Crippen molar-refractivity contribution >= 4 is 12.0 Å². The van der Waals surface area contributed by atoms with E-state index in [0.717, 1.165) is 24.4 Å². The zero-order valence-electron chi connectivity index (χ0n) is 14.2. The third-order valence-corrected chi connectivity index (χ3v) is 3.91. The number of carbonyl (C=O) groups is 1. The van der Waals surface area contributed by atoms with Gasteiger partial charge in [0.25, 0.3) is 0 Å². The van der Waals surface area contributed by atoms with Gasteiger partial charge in [-0.3, -0.25) is 10.4 Å². The minimum atomic E-state index is -0.338. The largest absolute Gasteiger partial charge is 0.335 e. The number of urea groups is 1. The number of imidazole rings is 1. The molecule has 8 nitrogen and oxygen atoms in total. The molecule has 1 atom stereocenters. The molecule has 0 unspecified atom stereocenters. The molecule has 0 radical (unpaired) electrons. The molecule has 25 heavy (non-hydrogen) atoms. The number of amides is 2. The van der Waals surface area contributed by atoms with Gasteiger partial charge in [-0.2, -0.15) is 4.98 Å². The number of aromatic nitrogens is 5. The van der Waals surface area contributed by atoms with Crippen molar-refractivity contribution in [3.05, 3.63) is 59.9 Å². The van der Waals surface area contributed by atoms with Gasteiger partial charge in [0, 0.05) is 18.9 Å². The standard InChI is InChI=1S/C17H21N7O/c1-12-19-16(23-22-12)21-17(25)20-15(14-6-4-3-5-7-14)8-10-24-11-9-18-13(24)2/h3-7,9,11,15H,8,10H2,1-2H3,(H3,19,20,21,22,23,25)/t15-/m0/s1. The van der Waals surface area contributed by atoms with E-state index in [0.29, 0.717) is 5.82 Å². The average Bonchev–Trinajstić information content (AvgIpc) is 3.20. The third-order valence-electron chi connectivity index (χ3n) is 3.91. The zero-order valence-corrected chi connectivity index (χ0v) is 14.2. The Labute approximate surface area is 145 Å². The summed E-state index contributed by atoms with van der Waals surface area (Å²) < 4.78 is 2.06. The Balaban J connectivity index is 1.67. The average molecular weight is 339 g/mol. The van der Waals surface area contributed by atoms with Crippen molar-refractivity contribution in [1.82, 2.24) is 30.0 Å². The first kappa shape index (κ1) is 16.7. The van der Waals surface area contributed by atoms with E-state index in [1.807, 2.05) is 43.5 Å². The molecular weight excluding hydrogens is 318 g/mol. The van der Waals surface area contributed by atoms with Crippen molar-refractivity contribution in [2.45, 2.75) is 32.9 Å². The Bertz CT molecular complexity index is 824. The third kappa shape index (κ3) is 4.43. The minimum absolute atomic E-state index is 0.136. The second-order valence-corrected chi connectivity index (χ2v) is 5.76. The van der Waals surface area contributed by atoms with Crippen LogP contribution >= 0.6 is 0 Å². The molecule has 130 valence electrons. The van der Waals surface area contributed by atoms with Gasteiger partial charge in [0.2, 0.25) is 5.95 Å². The number of nitrogens with zero attached hydrogens (tertiary/aromatic N) is 4. The number of anilines is 1. The number of hydrogen-bond donors (Lipinski definition) is 3. The lowest BCUT2D eigenvalue weighted by atomic mass is 10.0. The second kappa shape index (κ2) is 7.61. The molecule has 0 aliphatic rings. The molecule has 2 aromatic heterocycles. The molecule has 3 aromatic rings. The number of aromatic amines is 1. The first-order valence-corrected chi connectivity index (χ1v) is 8.11. The Morgan fingerprint density at radius 3 is 2.72 bits per heavy atom. The molecule has 0 saturated heterocycles. The van der Waals surface area contributed by atoms with Crippen LogP contribution in [0.3, 0.4) is 0 Å². The predicted molar refractivity (Wildman–Crippen MR) is 94.0 cm³/mol. The summed E-state index contributed by atoms with van der Waals surface area (Å²) in [5.74, 6) is 1.85. The number of aryl methyl sites for hydroxylation is 3. The highest BCUT2D eigenvalue weighted by molar-refractivity contribution is 5.87. The van der Waals surface area contributed by atoms with Gasteiger partial charge in [-0.25, -0.2) is 9.78 Å². The highest BCUT2D eigenvalue weighted by Crippen LogP contribution is 2.18. The van der Waals surface area contributed by atoms with E-state index in [1.165, 1.54) is 0 Å². The molecular formula is C17H21N7O. The first-order valence-electron chi connectivity index (χ1n) is 8.11. The SMILES string of the molecule is Cc1nc(NC(=O)N[C@@H](CCn2ccnc2C)c2ccccc2)n[nH]1. The zero-order chi connectivity index (χ0) is 17.6. The lowest BCUT2D eigenvalue weighted by Crippen LogP contribution is -2.33. The molecule has 0 spiro atoms. The summed E-state index contributed by atoms with van der Waals surface area (Å²) >= 11 is 0. The minimum Gasteiger partial charge on any atom is -0.335 e. The smallest absolute Gasteiger partial charge is 0.322 e. The number of carbonyl (C=O) groups excluding carboxylic acids is 1. The fraction of sp³-hybridized carbons (Fsp3) is 0.294. The summed E-state index contributed by atoms with van der Waals surface area (Å²) in [4.78, 5) is 20.6. The number of hydrogen-bond acceptors (Lipinski definition) is 4. The molecule has 3 rings (SSSR count). The van der Waals surface area contributed by atoms with Crippen molar-refractivity contribution in [3.8, 4) is 0 Å². The normalized spacial score (nSPS) is 11.9. The van der Waals surface area contributed by atoms with Gasteiger partial charge < -0.3 is 9.88 Å². The summed E-state index contributed by atoms with van der Waals surface area (Å²) in [6.07, 6.45) is 4.45. The van der Waals surface area contributed by atoms with Crippen LogP contribution in [-0.2, 0) is 6.54 Å². The van der Waals surface area contributed by atoms with Crippen LogP contribution in [0.2, 0.25) is 0 Å². The topological polar surface area (TPSA) is 101 Å². The monoisotopic (exact) mass is 339 g/mol. The van der Waals surface area contributed by atoms with Crippen LogP contribution in [0.5, 0.6) is 0 Å². The van der Waals surface area contributed by atoms with Gasteiger partial charge in [0.15, 0.2) is 0 Å². The van der Waals surface area contributed by atoms with Gasteiger partial charge in [-0.15, -0.1) is 5.10 Å². The molecule has 2 heterocycles. The van der Waals surface area contributed by atoms with Gasteiger partial charge in [0.1, 0.15) is 11.6 Å². The van der Waals surface area contributed by atoms with Crippen molar-refractivity contribution in [2.24, 2.45) is 0 Å². The van der Waals surface area contributed by atoms with Gasteiger partial charge in [0.05, 0.1) is 6.04 Å². The Hall–Kier alpha value is -3.16. The van der Waals surface area contributed by atoms with Crippen molar-refractivity contribution in [1.29, 1.82) is 0 Å². The second-order valence-electron chi connectivity index (χ2n) is 5.76. The summed E-state index contributed by atoms with van der Waals surface area (Å²) in [6.45, 7) is 4.49. The maximum Gasteiger partial charge on any atom is 0.322 e. The van der Waals surface area contributed by atoms with E-state index in [-0.39, 0.29) is 18.0 Å². The van der Waals surface area contributed by atoms with Crippen LogP contribution in [0.1, 0.15) is 29.7 Å². The molecule has 3 N–H and O–H groups in total. The van der Waals surface area contributed by atoms with Crippen molar-refractivity contribution in [3.63, 3.8) is 0 Å². The first-order chi connectivity index (χ1) is 12.1. The lowest BCUT2D eigenvalue weighted by molar-refractivity contribution is 0.247. The van der Waals surface area contributed by atoms with Gasteiger partial charge in [-0.05, 0) is 25.8 Å². The number of H-pyrrole nitrogens is 1. The molecule has 2 amide bonds. The number of nitrogens with one attached hydrogen (secondary N) is 3. The van der Waals surface area contributed by atoms with E-state index in [4.69, 9.17) is 0 Å². The highest BCUT2D eigenvalue weighted by Gasteiger charge is 2.16. The van der Waals surface area contributed by atoms with E-state index >= 15 is 0 Å². The van der Waals surface area contributed by atoms with Crippen molar-refractivity contribution in [2.75, 3.05) is 5.32 Å². The van der Waals surface area contributed by atoms with Crippen molar-refractivity contribution < 1.29 is 4.79 Å². The van der Waals surface area contributed by atoms with E-state index in [2.05, 4.69) is 35.4 Å². The van der Waals surface area contributed by atoms with Crippen LogP contribution in [0.25, 0.3) is 0 Å². The van der Waals surface area contributed by atoms with Crippen LogP contribution in [0, 0.1) is 13.8 Å². The summed E-state index contributed by atoms with van der Waals surface area (Å²) in [6, 6.07) is 9.41. The molecule has 0 aliphatic heterocycles.